The van der Waals surface area contributed by atoms with Crippen LogP contribution < -0.4 is 32.1 Å². The van der Waals surface area contributed by atoms with Crippen LogP contribution in [0.1, 0.15) is 67.9 Å². The summed E-state index contributed by atoms with van der Waals surface area (Å²) in [5, 5.41) is 27.8. The SMILES string of the molecule is CC[C@@]1(O)C(=O)OCc2c1cc1n(c2=O)Cc2c-1nc1ccccc1c2/C=N/OC(=O)COCNC(=O)CNC(=O)[C@H](Cc1ccccc1)NC(=O)CNC(=O)CNC(=O)CCC(=O)C(C)C. The summed E-state index contributed by atoms with van der Waals surface area (Å²) in [6.07, 6.45) is 1.31. The van der Waals surface area contributed by atoms with Gasteiger partial charge in [0.05, 0.1) is 54.9 Å². The van der Waals surface area contributed by atoms with Crippen molar-refractivity contribution in [2.24, 2.45) is 11.1 Å². The molecule has 0 saturated carbocycles. The number of carbonyl (C=O) groups is 8. The fraction of sp³-hybridized carbons (Fsp3) is 0.370. The number of amides is 5. The Morgan fingerprint density at radius 2 is 1.57 bits per heavy atom. The van der Waals surface area contributed by atoms with E-state index in [1.807, 2.05) is 0 Å². The molecule has 4 heterocycles. The van der Waals surface area contributed by atoms with Gasteiger partial charge in [-0.1, -0.05) is 74.5 Å². The average Bonchev–Trinajstić information content (AvgIpc) is 3.69. The summed E-state index contributed by atoms with van der Waals surface area (Å²) in [7, 11) is 0. The number of rotatable bonds is 21. The smallest absolute Gasteiger partial charge is 0.360 e. The monoisotopic (exact) mass is 922 g/mol. The van der Waals surface area contributed by atoms with E-state index in [2.05, 4.69) is 31.7 Å². The number of ether oxygens (including phenoxy) is 2. The quantitative estimate of drug-likeness (QED) is 0.0143. The van der Waals surface area contributed by atoms with Gasteiger partial charge in [0, 0.05) is 47.3 Å². The fourth-order valence-electron chi connectivity index (χ4n) is 7.33. The number of hydrogen-bond acceptors (Lipinski definition) is 15. The van der Waals surface area contributed by atoms with Crippen molar-refractivity contribution < 1.29 is 57.8 Å². The molecule has 0 spiro atoms. The lowest BCUT2D eigenvalue weighted by Gasteiger charge is -2.31. The number of ketones is 1. The van der Waals surface area contributed by atoms with Crippen LogP contribution in [-0.4, -0.2) is 107 Å². The molecule has 67 heavy (non-hydrogen) atoms. The Bertz CT molecular complexity index is 2680. The number of oxime groups is 1. The minimum atomic E-state index is -2.00. The Labute approximate surface area is 383 Å². The van der Waals surface area contributed by atoms with E-state index in [9.17, 15) is 48.3 Å². The van der Waals surface area contributed by atoms with Crippen LogP contribution in [-0.2, 0) is 77.8 Å². The number of aliphatic hydroxyl groups is 1. The minimum Gasteiger partial charge on any atom is -0.458 e. The Kier molecular flexibility index (Phi) is 16.0. The summed E-state index contributed by atoms with van der Waals surface area (Å²) in [5.41, 5.74) is 1.03. The van der Waals surface area contributed by atoms with Crippen molar-refractivity contribution in [3.05, 3.63) is 98.8 Å². The predicted octanol–water partition coefficient (Wildman–Crippen LogP) is 0.128. The summed E-state index contributed by atoms with van der Waals surface area (Å²) >= 11 is 0. The molecule has 4 aromatic rings. The van der Waals surface area contributed by atoms with Gasteiger partial charge in [0.25, 0.3) is 5.56 Å². The van der Waals surface area contributed by atoms with Gasteiger partial charge < -0.3 is 50.6 Å². The number of nitrogens with zero attached hydrogens (tertiary/aromatic N) is 3. The van der Waals surface area contributed by atoms with E-state index in [-0.39, 0.29) is 61.7 Å². The van der Waals surface area contributed by atoms with Crippen molar-refractivity contribution >= 4 is 64.4 Å². The van der Waals surface area contributed by atoms with E-state index in [1.165, 1.54) is 10.8 Å². The molecule has 0 saturated heterocycles. The van der Waals surface area contributed by atoms with Crippen molar-refractivity contribution in [1.82, 2.24) is 36.1 Å². The van der Waals surface area contributed by atoms with Crippen molar-refractivity contribution in [3.8, 4) is 11.4 Å². The number of aromatic nitrogens is 2. The molecule has 2 aliphatic rings. The first-order chi connectivity index (χ1) is 32.1. The van der Waals surface area contributed by atoms with Gasteiger partial charge >= 0.3 is 11.9 Å². The van der Waals surface area contributed by atoms with Crippen LogP contribution in [0.3, 0.4) is 0 Å². The highest BCUT2D eigenvalue weighted by atomic mass is 16.7. The number of fused-ring (bicyclic) bond motifs is 5. The number of carbonyl (C=O) groups excluding carboxylic acids is 8. The van der Waals surface area contributed by atoms with Gasteiger partial charge in [0.2, 0.25) is 29.5 Å². The summed E-state index contributed by atoms with van der Waals surface area (Å²) < 4.78 is 11.9. The number of benzene rings is 2. The Hall–Kier alpha value is -7.65. The molecule has 2 aromatic carbocycles. The topological polar surface area (TPSA) is 292 Å². The molecule has 21 heteroatoms. The Morgan fingerprint density at radius 1 is 0.881 bits per heavy atom. The largest absolute Gasteiger partial charge is 0.458 e. The van der Waals surface area contributed by atoms with Gasteiger partial charge in [-0.15, -0.1) is 0 Å². The number of Topliss-reactive ketones (excluding diaryl/α,β-unsaturated/α-hetero) is 1. The van der Waals surface area contributed by atoms with Gasteiger partial charge in [0.15, 0.2) is 5.60 Å². The maximum Gasteiger partial charge on any atom is 0.360 e. The van der Waals surface area contributed by atoms with Crippen LogP contribution in [0, 0.1) is 5.92 Å². The Balaban J connectivity index is 0.970. The minimum absolute atomic E-state index is 0.0137. The molecule has 2 aliphatic heterocycles. The third kappa shape index (κ3) is 12.0. The number of esters is 1. The van der Waals surface area contributed by atoms with Gasteiger partial charge in [0.1, 0.15) is 31.8 Å². The number of hydrogen-bond donors (Lipinski definition) is 6. The molecular formula is C46H50N8O13. The third-order valence-corrected chi connectivity index (χ3v) is 11.1. The van der Waals surface area contributed by atoms with Crippen LogP contribution in [0.4, 0.5) is 0 Å². The predicted molar refractivity (Wildman–Crippen MR) is 237 cm³/mol. The highest BCUT2D eigenvalue weighted by Gasteiger charge is 2.45. The molecule has 0 bridgehead atoms. The summed E-state index contributed by atoms with van der Waals surface area (Å²) in [4.78, 5) is 123. The number of cyclic esters (lactones) is 1. The van der Waals surface area contributed by atoms with Gasteiger partial charge in [-0.2, -0.15) is 0 Å². The van der Waals surface area contributed by atoms with E-state index in [0.29, 0.717) is 39.0 Å². The van der Waals surface area contributed by atoms with Crippen molar-refractivity contribution in [2.45, 2.75) is 71.2 Å². The summed E-state index contributed by atoms with van der Waals surface area (Å²) in [5.74, 6) is -5.32. The van der Waals surface area contributed by atoms with E-state index >= 15 is 0 Å². The zero-order valence-electron chi connectivity index (χ0n) is 37.0. The zero-order valence-corrected chi connectivity index (χ0v) is 37.0. The lowest BCUT2D eigenvalue weighted by atomic mass is 9.86. The van der Waals surface area contributed by atoms with Crippen molar-refractivity contribution in [2.75, 3.05) is 33.0 Å². The van der Waals surface area contributed by atoms with Gasteiger partial charge in [-0.05, 0) is 24.1 Å². The molecule has 21 nitrogen and oxygen atoms in total. The van der Waals surface area contributed by atoms with Gasteiger partial charge in [-0.3, -0.25) is 33.6 Å². The number of para-hydroxylation sites is 1. The number of nitrogens with one attached hydrogen (secondary N) is 5. The molecule has 6 N–H and O–H groups in total. The lowest BCUT2D eigenvalue weighted by molar-refractivity contribution is -0.172. The molecule has 2 atom stereocenters. The molecular weight excluding hydrogens is 873 g/mol. The molecule has 2 aromatic heterocycles. The normalized spacial score (nSPS) is 15.1. The van der Waals surface area contributed by atoms with Gasteiger partial charge in [-0.25, -0.2) is 14.6 Å². The second-order valence-electron chi connectivity index (χ2n) is 16.0. The highest BCUT2D eigenvalue weighted by Crippen LogP contribution is 2.39. The molecule has 6 rings (SSSR count). The molecule has 352 valence electrons. The standard InChI is InChI=1S/C46H50N8O13/c1-4-46(64)32-17-35-42-30(22-54(35)44(62)31(32)23-66-45(46)63)29(28-12-8-9-13-33(28)53-42)18-51-67-41(60)24-65-25-50-39(58)20-49-43(61)34(16-27-10-6-5-7-11-27)52-40(59)21-48-38(57)19-47-37(56)15-14-36(55)26(2)3/h5-13,17-18,26,34,64H,4,14-16,19-25H2,1-3H3,(H,47,56)(H,48,57)(H,49,61)(H,50,58)(H,52,59)/b51-18+/t34-,46-/m0/s1. The maximum atomic E-state index is 13.7. The van der Waals surface area contributed by atoms with Crippen molar-refractivity contribution in [1.29, 1.82) is 0 Å². The maximum absolute atomic E-state index is 13.7. The van der Waals surface area contributed by atoms with E-state index < -0.39 is 91.6 Å². The van der Waals surface area contributed by atoms with E-state index in [0.717, 1.165) is 0 Å². The summed E-state index contributed by atoms with van der Waals surface area (Å²) in [6, 6.07) is 16.3. The molecule has 0 aliphatic carbocycles. The van der Waals surface area contributed by atoms with Crippen LogP contribution in [0.5, 0.6) is 0 Å². The first-order valence-electron chi connectivity index (χ1n) is 21.4. The summed E-state index contributed by atoms with van der Waals surface area (Å²) in [6.45, 7) is 2.31. The molecule has 0 unspecified atom stereocenters. The molecule has 0 radical (unpaired) electrons. The first kappa shape index (κ1) is 48.8. The molecule has 5 amide bonds. The van der Waals surface area contributed by atoms with E-state index in [1.54, 1.807) is 81.4 Å². The van der Waals surface area contributed by atoms with Crippen molar-refractivity contribution in [3.63, 3.8) is 0 Å². The Morgan fingerprint density at radius 3 is 2.31 bits per heavy atom. The van der Waals surface area contributed by atoms with Crippen LogP contribution in [0.2, 0.25) is 0 Å². The second-order valence-corrected chi connectivity index (χ2v) is 16.0. The lowest BCUT2D eigenvalue weighted by Crippen LogP contribution is -2.52. The van der Waals surface area contributed by atoms with Crippen LogP contribution in [0.15, 0.2) is 70.6 Å². The van der Waals surface area contributed by atoms with Crippen LogP contribution >= 0.6 is 0 Å². The fourth-order valence-corrected chi connectivity index (χ4v) is 7.33. The highest BCUT2D eigenvalue weighted by molar-refractivity contribution is 6.02. The van der Waals surface area contributed by atoms with E-state index in [4.69, 9.17) is 19.3 Å². The zero-order chi connectivity index (χ0) is 48.3. The third-order valence-electron chi connectivity index (χ3n) is 11.1. The second kappa shape index (κ2) is 22.0. The number of pyridine rings is 2. The average molecular weight is 923 g/mol. The molecule has 0 fully saturated rings. The van der Waals surface area contributed by atoms with Crippen LogP contribution in [0.25, 0.3) is 22.3 Å². The first-order valence-corrected chi connectivity index (χ1v) is 21.4.